The van der Waals surface area contributed by atoms with Gasteiger partial charge in [0.2, 0.25) is 0 Å². The van der Waals surface area contributed by atoms with Crippen LogP contribution in [-0.4, -0.2) is 23.7 Å². The average molecular weight is 261 g/mol. The van der Waals surface area contributed by atoms with E-state index in [1.54, 1.807) is 6.92 Å². The van der Waals surface area contributed by atoms with E-state index < -0.39 is 5.97 Å². The van der Waals surface area contributed by atoms with E-state index in [1.807, 2.05) is 0 Å². The molecule has 0 saturated carbocycles. The summed E-state index contributed by atoms with van der Waals surface area (Å²) in [4.78, 5) is 13.5. The number of rotatable bonds is 5. The van der Waals surface area contributed by atoms with Crippen LogP contribution < -0.4 is 4.90 Å². The fourth-order valence-electron chi connectivity index (χ4n) is 2.88. The van der Waals surface area contributed by atoms with Crippen LogP contribution in [0.3, 0.4) is 0 Å². The van der Waals surface area contributed by atoms with E-state index in [9.17, 15) is 4.79 Å². The van der Waals surface area contributed by atoms with Gasteiger partial charge in [0.25, 0.3) is 0 Å². The lowest BCUT2D eigenvalue weighted by Crippen LogP contribution is -2.37. The summed E-state index contributed by atoms with van der Waals surface area (Å²) in [6.45, 7) is 7.21. The molecule has 0 aliphatic carbocycles. The van der Waals surface area contributed by atoms with E-state index in [0.717, 1.165) is 19.4 Å². The molecule has 1 aliphatic rings. The molecule has 0 bridgehead atoms. The van der Waals surface area contributed by atoms with Gasteiger partial charge in [0.05, 0.1) is 5.92 Å². The zero-order valence-electron chi connectivity index (χ0n) is 12.0. The van der Waals surface area contributed by atoms with Gasteiger partial charge in [-0.25, -0.2) is 0 Å². The smallest absolute Gasteiger partial charge is 0.306 e. The standard InChI is InChI=1S/C16H23NO2/c1-11(2)10-17-14(8-12(3)16(18)19)9-13-6-4-5-7-15(13)17/h4-7,11-12,14H,8-10H2,1-3H3,(H,18,19). The molecule has 3 nitrogen and oxygen atoms in total. The summed E-state index contributed by atoms with van der Waals surface area (Å²) in [6.07, 6.45) is 1.69. The van der Waals surface area contributed by atoms with Crippen LogP contribution in [-0.2, 0) is 11.2 Å². The third-order valence-electron chi connectivity index (χ3n) is 3.81. The highest BCUT2D eigenvalue weighted by atomic mass is 16.4. The van der Waals surface area contributed by atoms with E-state index in [4.69, 9.17) is 5.11 Å². The van der Waals surface area contributed by atoms with Crippen LogP contribution in [0.25, 0.3) is 0 Å². The van der Waals surface area contributed by atoms with Crippen LogP contribution in [0.5, 0.6) is 0 Å². The number of benzene rings is 1. The van der Waals surface area contributed by atoms with Crippen LogP contribution in [0.1, 0.15) is 32.8 Å². The number of para-hydroxylation sites is 1. The number of aliphatic carboxylic acids is 1. The lowest BCUT2D eigenvalue weighted by molar-refractivity contribution is -0.141. The number of anilines is 1. The number of nitrogens with zero attached hydrogens (tertiary/aromatic N) is 1. The first-order chi connectivity index (χ1) is 8.99. The fourth-order valence-corrected chi connectivity index (χ4v) is 2.88. The van der Waals surface area contributed by atoms with Gasteiger partial charge < -0.3 is 10.0 Å². The Kier molecular flexibility index (Phi) is 4.13. The minimum Gasteiger partial charge on any atom is -0.481 e. The second-order valence-electron chi connectivity index (χ2n) is 6.01. The molecule has 2 unspecified atom stereocenters. The lowest BCUT2D eigenvalue weighted by Gasteiger charge is -2.30. The summed E-state index contributed by atoms with van der Waals surface area (Å²) in [7, 11) is 0. The van der Waals surface area contributed by atoms with Gasteiger partial charge in [0.1, 0.15) is 0 Å². The minimum atomic E-state index is -0.694. The molecular formula is C16H23NO2. The molecule has 1 N–H and O–H groups in total. The molecule has 104 valence electrons. The molecular weight excluding hydrogens is 238 g/mol. The molecule has 0 amide bonds. The molecule has 3 heteroatoms. The average Bonchev–Trinajstić information content (AvgIpc) is 2.67. The molecule has 1 aliphatic heterocycles. The van der Waals surface area contributed by atoms with Crippen molar-refractivity contribution in [1.82, 2.24) is 0 Å². The van der Waals surface area contributed by atoms with Gasteiger partial charge in [0.15, 0.2) is 0 Å². The van der Waals surface area contributed by atoms with Crippen molar-refractivity contribution in [3.8, 4) is 0 Å². The van der Waals surface area contributed by atoms with Gasteiger partial charge >= 0.3 is 5.97 Å². The number of carboxylic acid groups (broad SMARTS) is 1. The Balaban J connectivity index is 2.18. The van der Waals surface area contributed by atoms with E-state index in [2.05, 4.69) is 43.0 Å². The summed E-state index contributed by atoms with van der Waals surface area (Å²) < 4.78 is 0. The summed E-state index contributed by atoms with van der Waals surface area (Å²) in [5.41, 5.74) is 2.64. The monoisotopic (exact) mass is 261 g/mol. The Hall–Kier alpha value is -1.51. The molecule has 0 radical (unpaired) electrons. The highest BCUT2D eigenvalue weighted by Crippen LogP contribution is 2.35. The third kappa shape index (κ3) is 3.09. The van der Waals surface area contributed by atoms with Crippen molar-refractivity contribution in [2.75, 3.05) is 11.4 Å². The van der Waals surface area contributed by atoms with Crippen molar-refractivity contribution < 1.29 is 9.90 Å². The van der Waals surface area contributed by atoms with Crippen molar-refractivity contribution in [2.45, 2.75) is 39.7 Å². The zero-order valence-corrected chi connectivity index (χ0v) is 12.0. The molecule has 1 heterocycles. The Bertz CT molecular complexity index is 456. The molecule has 19 heavy (non-hydrogen) atoms. The number of carboxylic acids is 1. The summed E-state index contributed by atoms with van der Waals surface area (Å²) in [5.74, 6) is -0.400. The van der Waals surface area contributed by atoms with Gasteiger partial charge in [-0.3, -0.25) is 4.79 Å². The lowest BCUT2D eigenvalue weighted by atomic mass is 9.98. The first-order valence-electron chi connectivity index (χ1n) is 7.06. The largest absolute Gasteiger partial charge is 0.481 e. The molecule has 1 aromatic carbocycles. The molecule has 0 aromatic heterocycles. The maximum atomic E-state index is 11.1. The van der Waals surface area contributed by atoms with Crippen molar-refractivity contribution >= 4 is 11.7 Å². The maximum Gasteiger partial charge on any atom is 0.306 e. The second kappa shape index (κ2) is 5.64. The summed E-state index contributed by atoms with van der Waals surface area (Å²) >= 11 is 0. The van der Waals surface area contributed by atoms with Gasteiger partial charge in [-0.05, 0) is 30.4 Å². The normalized spacial score (nSPS) is 19.6. The van der Waals surface area contributed by atoms with Crippen molar-refractivity contribution in [2.24, 2.45) is 11.8 Å². The van der Waals surface area contributed by atoms with Gasteiger partial charge in [-0.2, -0.15) is 0 Å². The van der Waals surface area contributed by atoms with Gasteiger partial charge in [-0.15, -0.1) is 0 Å². The number of carbonyl (C=O) groups is 1. The van der Waals surface area contributed by atoms with Gasteiger partial charge in [0, 0.05) is 18.3 Å². The predicted molar refractivity (Wildman–Crippen MR) is 77.5 cm³/mol. The Morgan fingerprint density at radius 1 is 1.37 bits per heavy atom. The van der Waals surface area contributed by atoms with Crippen LogP contribution in [0.2, 0.25) is 0 Å². The SMILES string of the molecule is CC(C)CN1c2ccccc2CC1CC(C)C(=O)O. The topological polar surface area (TPSA) is 40.5 Å². The number of hydrogen-bond donors (Lipinski definition) is 1. The highest BCUT2D eigenvalue weighted by molar-refractivity contribution is 5.70. The van der Waals surface area contributed by atoms with Crippen LogP contribution in [0.15, 0.2) is 24.3 Å². The van der Waals surface area contributed by atoms with E-state index >= 15 is 0 Å². The van der Waals surface area contributed by atoms with Gasteiger partial charge in [-0.1, -0.05) is 39.0 Å². The van der Waals surface area contributed by atoms with E-state index in [0.29, 0.717) is 12.0 Å². The second-order valence-corrected chi connectivity index (χ2v) is 6.01. The Labute approximate surface area is 115 Å². The quantitative estimate of drug-likeness (QED) is 0.885. The molecule has 2 rings (SSSR count). The van der Waals surface area contributed by atoms with Crippen LogP contribution in [0.4, 0.5) is 5.69 Å². The molecule has 0 saturated heterocycles. The maximum absolute atomic E-state index is 11.1. The predicted octanol–water partition coefficient (Wildman–Crippen LogP) is 3.18. The molecule has 0 spiro atoms. The third-order valence-corrected chi connectivity index (χ3v) is 3.81. The van der Waals surface area contributed by atoms with Crippen LogP contribution >= 0.6 is 0 Å². The minimum absolute atomic E-state index is 0.283. The Morgan fingerprint density at radius 2 is 2.05 bits per heavy atom. The van der Waals surface area contributed by atoms with Crippen LogP contribution in [0, 0.1) is 11.8 Å². The zero-order chi connectivity index (χ0) is 14.0. The summed E-state index contributed by atoms with van der Waals surface area (Å²) in [5, 5.41) is 9.11. The van der Waals surface area contributed by atoms with Crippen molar-refractivity contribution in [3.05, 3.63) is 29.8 Å². The summed E-state index contributed by atoms with van der Waals surface area (Å²) in [6, 6.07) is 8.77. The molecule has 0 fully saturated rings. The molecule has 2 atom stereocenters. The van der Waals surface area contributed by atoms with E-state index in [-0.39, 0.29) is 5.92 Å². The molecule has 1 aromatic rings. The van der Waals surface area contributed by atoms with E-state index in [1.165, 1.54) is 11.3 Å². The highest BCUT2D eigenvalue weighted by Gasteiger charge is 2.31. The first-order valence-corrected chi connectivity index (χ1v) is 7.06. The number of hydrogen-bond acceptors (Lipinski definition) is 2. The van der Waals surface area contributed by atoms with Crippen molar-refractivity contribution in [3.63, 3.8) is 0 Å². The first kappa shape index (κ1) is 13.9. The van der Waals surface area contributed by atoms with Crippen molar-refractivity contribution in [1.29, 1.82) is 0 Å². The Morgan fingerprint density at radius 3 is 2.68 bits per heavy atom. The number of fused-ring (bicyclic) bond motifs is 1. The fraction of sp³-hybridized carbons (Fsp3) is 0.562.